The predicted octanol–water partition coefficient (Wildman–Crippen LogP) is 4.93. The Bertz CT molecular complexity index is 799. The molecule has 3 rings (SSSR count). The molecule has 2 unspecified atom stereocenters. The molecule has 136 valence electrons. The fourth-order valence-corrected chi connectivity index (χ4v) is 3.69. The van der Waals surface area contributed by atoms with Crippen molar-refractivity contribution in [2.75, 3.05) is 6.54 Å². The number of aliphatic imine (C=N–C) groups is 1. The highest BCUT2D eigenvalue weighted by atomic mass is 35.5. The Kier molecular flexibility index (Phi) is 5.62. The second kappa shape index (κ2) is 7.92. The van der Waals surface area contributed by atoms with Gasteiger partial charge in [-0.1, -0.05) is 48.5 Å². The van der Waals surface area contributed by atoms with Crippen LogP contribution < -0.4 is 5.73 Å². The molecule has 2 atom stereocenters. The maximum atomic E-state index is 13.4. The van der Waals surface area contributed by atoms with Gasteiger partial charge in [0.2, 0.25) is 0 Å². The van der Waals surface area contributed by atoms with E-state index in [0.717, 1.165) is 18.7 Å². The van der Waals surface area contributed by atoms with Crippen molar-refractivity contribution in [2.45, 2.75) is 25.9 Å². The standard InChI is InChI=1S/C21H23ClFN3/c1-14(17-6-4-3-5-7-17)26-9-8-20(15(26)2)21(24)25-13-16-10-18(22)12-19(23)11-16/h3-7,10-12,14,20H,2,8-9,13H2,1H3,(H2,24,25). The third-order valence-corrected chi connectivity index (χ3v) is 5.12. The van der Waals surface area contributed by atoms with E-state index in [4.69, 9.17) is 17.3 Å². The van der Waals surface area contributed by atoms with E-state index < -0.39 is 0 Å². The molecule has 0 aliphatic carbocycles. The molecular formula is C21H23ClFN3. The lowest BCUT2D eigenvalue weighted by Crippen LogP contribution is -2.27. The summed E-state index contributed by atoms with van der Waals surface area (Å²) in [5, 5.41) is 0.363. The van der Waals surface area contributed by atoms with Crippen LogP contribution in [-0.2, 0) is 6.54 Å². The molecule has 26 heavy (non-hydrogen) atoms. The zero-order valence-corrected chi connectivity index (χ0v) is 15.6. The fraction of sp³-hybridized carbons (Fsp3) is 0.286. The van der Waals surface area contributed by atoms with Gasteiger partial charge >= 0.3 is 0 Å². The van der Waals surface area contributed by atoms with Crippen LogP contribution in [0.4, 0.5) is 4.39 Å². The molecule has 3 nitrogen and oxygen atoms in total. The molecule has 1 aliphatic heterocycles. The molecule has 0 amide bonds. The summed E-state index contributed by atoms with van der Waals surface area (Å²) in [7, 11) is 0. The van der Waals surface area contributed by atoms with E-state index in [9.17, 15) is 4.39 Å². The maximum absolute atomic E-state index is 13.4. The second-order valence-corrected chi connectivity index (χ2v) is 7.07. The molecule has 0 saturated carbocycles. The molecule has 5 heteroatoms. The van der Waals surface area contributed by atoms with Crippen LogP contribution in [0.3, 0.4) is 0 Å². The molecule has 2 aromatic rings. The van der Waals surface area contributed by atoms with E-state index in [1.54, 1.807) is 6.07 Å². The largest absolute Gasteiger partial charge is 0.387 e. The third-order valence-electron chi connectivity index (χ3n) is 4.90. The first-order valence-electron chi connectivity index (χ1n) is 8.71. The summed E-state index contributed by atoms with van der Waals surface area (Å²) >= 11 is 5.89. The van der Waals surface area contributed by atoms with Crippen molar-refractivity contribution in [3.63, 3.8) is 0 Å². The van der Waals surface area contributed by atoms with Gasteiger partial charge in [0.05, 0.1) is 18.5 Å². The summed E-state index contributed by atoms with van der Waals surface area (Å²) in [5.74, 6) is 0.192. The number of benzene rings is 2. The SMILES string of the molecule is C=C1C(C(N)=NCc2cc(F)cc(Cl)c2)CCN1C(C)c1ccccc1. The highest BCUT2D eigenvalue weighted by Gasteiger charge is 2.32. The normalized spacial score (nSPS) is 19.0. The zero-order chi connectivity index (χ0) is 18.7. The van der Waals surface area contributed by atoms with E-state index in [0.29, 0.717) is 23.0 Å². The first kappa shape index (κ1) is 18.5. The van der Waals surface area contributed by atoms with Crippen molar-refractivity contribution >= 4 is 17.4 Å². The topological polar surface area (TPSA) is 41.6 Å². The average Bonchev–Trinajstić information content (AvgIpc) is 3.00. The molecule has 1 saturated heterocycles. The highest BCUT2D eigenvalue weighted by Crippen LogP contribution is 2.34. The van der Waals surface area contributed by atoms with Crippen molar-refractivity contribution in [2.24, 2.45) is 16.6 Å². The quantitative estimate of drug-likeness (QED) is 0.597. The minimum absolute atomic E-state index is 0.0187. The molecule has 1 fully saturated rings. The van der Waals surface area contributed by atoms with E-state index in [1.165, 1.54) is 17.7 Å². The van der Waals surface area contributed by atoms with Gasteiger partial charge in [0.15, 0.2) is 0 Å². The number of rotatable bonds is 5. The van der Waals surface area contributed by atoms with Gasteiger partial charge < -0.3 is 10.6 Å². The third kappa shape index (κ3) is 4.07. The van der Waals surface area contributed by atoms with Gasteiger partial charge in [-0.05, 0) is 42.7 Å². The van der Waals surface area contributed by atoms with Gasteiger partial charge in [0, 0.05) is 17.3 Å². The molecule has 1 aliphatic rings. The summed E-state index contributed by atoms with van der Waals surface area (Å²) in [6.45, 7) is 7.62. The van der Waals surface area contributed by atoms with Crippen LogP contribution in [0.2, 0.25) is 5.02 Å². The van der Waals surface area contributed by atoms with Crippen LogP contribution >= 0.6 is 11.6 Å². The smallest absolute Gasteiger partial charge is 0.125 e. The molecular weight excluding hydrogens is 349 g/mol. The van der Waals surface area contributed by atoms with Crippen LogP contribution in [-0.4, -0.2) is 17.3 Å². The minimum atomic E-state index is -0.366. The van der Waals surface area contributed by atoms with Crippen LogP contribution in [0.1, 0.15) is 30.5 Å². The predicted molar refractivity (Wildman–Crippen MR) is 106 cm³/mol. The van der Waals surface area contributed by atoms with Crippen molar-refractivity contribution in [1.82, 2.24) is 4.90 Å². The Morgan fingerprint density at radius 1 is 1.35 bits per heavy atom. The highest BCUT2D eigenvalue weighted by molar-refractivity contribution is 6.30. The fourth-order valence-electron chi connectivity index (χ4n) is 3.45. The van der Waals surface area contributed by atoms with Crippen LogP contribution in [0, 0.1) is 11.7 Å². The number of hydrogen-bond donors (Lipinski definition) is 1. The summed E-state index contributed by atoms with van der Waals surface area (Å²) in [5.41, 5.74) is 9.17. The van der Waals surface area contributed by atoms with Gasteiger partial charge in [0.25, 0.3) is 0 Å². The van der Waals surface area contributed by atoms with Gasteiger partial charge in [-0.15, -0.1) is 0 Å². The van der Waals surface area contributed by atoms with Crippen LogP contribution in [0.5, 0.6) is 0 Å². The summed E-state index contributed by atoms with van der Waals surface area (Å²) in [6.07, 6.45) is 0.884. The number of halogens is 2. The summed E-state index contributed by atoms with van der Waals surface area (Å²) < 4.78 is 13.4. The molecule has 0 aromatic heterocycles. The van der Waals surface area contributed by atoms with Gasteiger partial charge in [-0.3, -0.25) is 4.99 Å². The molecule has 0 spiro atoms. The van der Waals surface area contributed by atoms with Gasteiger partial charge in [-0.25, -0.2) is 4.39 Å². The lowest BCUT2D eigenvalue weighted by atomic mass is 10.0. The van der Waals surface area contributed by atoms with Crippen molar-refractivity contribution < 1.29 is 4.39 Å². The maximum Gasteiger partial charge on any atom is 0.125 e. The Morgan fingerprint density at radius 2 is 2.08 bits per heavy atom. The van der Waals surface area contributed by atoms with E-state index in [1.807, 2.05) is 18.2 Å². The summed E-state index contributed by atoms with van der Waals surface area (Å²) in [6, 6.07) is 15.0. The molecule has 1 heterocycles. The molecule has 2 aromatic carbocycles. The Morgan fingerprint density at radius 3 is 2.77 bits per heavy atom. The van der Waals surface area contributed by atoms with E-state index >= 15 is 0 Å². The molecule has 0 bridgehead atoms. The van der Waals surface area contributed by atoms with Crippen molar-refractivity contribution in [1.29, 1.82) is 0 Å². The lowest BCUT2D eigenvalue weighted by molar-refractivity contribution is 0.310. The van der Waals surface area contributed by atoms with Crippen molar-refractivity contribution in [3.8, 4) is 0 Å². The number of hydrogen-bond acceptors (Lipinski definition) is 2. The van der Waals surface area contributed by atoms with E-state index in [2.05, 4.69) is 35.5 Å². The van der Waals surface area contributed by atoms with Gasteiger partial charge in [-0.2, -0.15) is 0 Å². The molecule has 2 N–H and O–H groups in total. The Hall–Kier alpha value is -2.33. The molecule has 0 radical (unpaired) electrons. The minimum Gasteiger partial charge on any atom is -0.387 e. The summed E-state index contributed by atoms with van der Waals surface area (Å²) in [4.78, 5) is 6.74. The zero-order valence-electron chi connectivity index (χ0n) is 14.8. The monoisotopic (exact) mass is 371 g/mol. The van der Waals surface area contributed by atoms with Gasteiger partial charge in [0.1, 0.15) is 11.7 Å². The average molecular weight is 372 g/mol. The van der Waals surface area contributed by atoms with E-state index in [-0.39, 0.29) is 17.8 Å². The lowest BCUT2D eigenvalue weighted by Gasteiger charge is -2.28. The Balaban J connectivity index is 1.69. The van der Waals surface area contributed by atoms with Crippen LogP contribution in [0.15, 0.2) is 65.8 Å². The number of nitrogens with zero attached hydrogens (tertiary/aromatic N) is 2. The van der Waals surface area contributed by atoms with Crippen molar-refractivity contribution in [3.05, 3.63) is 82.8 Å². The number of likely N-dealkylation sites (tertiary alicyclic amines) is 1. The first-order valence-corrected chi connectivity index (χ1v) is 9.08. The van der Waals surface area contributed by atoms with Crippen LogP contribution in [0.25, 0.3) is 0 Å². The Labute approximate surface area is 159 Å². The number of amidine groups is 1. The number of nitrogens with two attached hydrogens (primary N) is 1. The first-order chi connectivity index (χ1) is 12.5. The second-order valence-electron chi connectivity index (χ2n) is 6.63.